The normalized spacial score (nSPS) is 11.7. The van der Waals surface area contributed by atoms with E-state index in [2.05, 4.69) is 20.8 Å². The number of amides is 2. The summed E-state index contributed by atoms with van der Waals surface area (Å²) in [7, 11) is 1.80. The lowest BCUT2D eigenvalue weighted by molar-refractivity contribution is -0.113. The van der Waals surface area contributed by atoms with Gasteiger partial charge in [0.05, 0.1) is 22.4 Å². The summed E-state index contributed by atoms with van der Waals surface area (Å²) in [6.45, 7) is 1.81. The number of anilines is 1. The van der Waals surface area contributed by atoms with Gasteiger partial charge >= 0.3 is 0 Å². The monoisotopic (exact) mass is 429 g/mol. The fourth-order valence-corrected chi connectivity index (χ4v) is 3.60. The van der Waals surface area contributed by atoms with Gasteiger partial charge in [-0.3, -0.25) is 9.59 Å². The van der Waals surface area contributed by atoms with Crippen LogP contribution >= 0.6 is 23.4 Å². The molecule has 2 N–H and O–H groups in total. The number of nitrogens with one attached hydrogen (secondary N) is 2. The van der Waals surface area contributed by atoms with Gasteiger partial charge in [0.15, 0.2) is 11.0 Å². The highest BCUT2D eigenvalue weighted by Gasteiger charge is 2.20. The Bertz CT molecular complexity index is 1010. The zero-order valence-electron chi connectivity index (χ0n) is 15.9. The van der Waals surface area contributed by atoms with Crippen molar-refractivity contribution < 1.29 is 9.59 Å². The van der Waals surface area contributed by atoms with Crippen molar-refractivity contribution in [2.24, 2.45) is 7.05 Å². The van der Waals surface area contributed by atoms with E-state index in [4.69, 9.17) is 11.6 Å². The third-order valence-electron chi connectivity index (χ3n) is 4.11. The Balaban J connectivity index is 1.59. The van der Waals surface area contributed by atoms with Crippen LogP contribution in [0.3, 0.4) is 0 Å². The standard InChI is InChI=1S/C20H20ClN5O2S/c1-13(22-19(28)15-10-6-7-11-16(15)21)18-24-25-20(26(18)2)29-12-17(27)23-14-8-4-3-5-9-14/h3-11,13H,12H2,1-2H3,(H,22,28)(H,23,27). The Morgan fingerprint density at radius 1 is 1.10 bits per heavy atom. The number of carbonyl (C=O) groups is 2. The number of nitrogens with zero attached hydrogens (tertiary/aromatic N) is 3. The van der Waals surface area contributed by atoms with Crippen molar-refractivity contribution in [2.75, 3.05) is 11.1 Å². The molecule has 1 atom stereocenters. The second-order valence-corrected chi connectivity index (χ2v) is 7.63. The molecule has 150 valence electrons. The van der Waals surface area contributed by atoms with Crippen LogP contribution in [0.1, 0.15) is 29.1 Å². The van der Waals surface area contributed by atoms with E-state index in [9.17, 15) is 9.59 Å². The summed E-state index contributed by atoms with van der Waals surface area (Å²) in [4.78, 5) is 24.6. The molecule has 0 aliphatic rings. The first kappa shape index (κ1) is 20.9. The molecule has 2 aromatic carbocycles. The molecule has 0 aliphatic heterocycles. The molecular formula is C20H20ClN5O2S. The van der Waals surface area contributed by atoms with Gasteiger partial charge in [0.2, 0.25) is 5.91 Å². The van der Waals surface area contributed by atoms with E-state index in [1.54, 1.807) is 35.9 Å². The van der Waals surface area contributed by atoms with Crippen molar-refractivity contribution in [2.45, 2.75) is 18.1 Å². The predicted molar refractivity (Wildman–Crippen MR) is 114 cm³/mol. The summed E-state index contributed by atoms with van der Waals surface area (Å²) >= 11 is 7.35. The van der Waals surface area contributed by atoms with Gasteiger partial charge < -0.3 is 15.2 Å². The van der Waals surface area contributed by atoms with Crippen molar-refractivity contribution in [3.8, 4) is 0 Å². The molecule has 1 heterocycles. The minimum absolute atomic E-state index is 0.133. The Morgan fingerprint density at radius 3 is 2.52 bits per heavy atom. The van der Waals surface area contributed by atoms with E-state index < -0.39 is 0 Å². The van der Waals surface area contributed by atoms with Crippen LogP contribution in [0.15, 0.2) is 59.8 Å². The lowest BCUT2D eigenvalue weighted by Gasteiger charge is -2.14. The lowest BCUT2D eigenvalue weighted by atomic mass is 10.2. The van der Waals surface area contributed by atoms with Gasteiger partial charge in [-0.25, -0.2) is 0 Å². The van der Waals surface area contributed by atoms with E-state index in [1.807, 2.05) is 37.3 Å². The molecule has 0 bridgehead atoms. The van der Waals surface area contributed by atoms with E-state index in [0.29, 0.717) is 21.6 Å². The highest BCUT2D eigenvalue weighted by Crippen LogP contribution is 2.21. The molecule has 3 rings (SSSR count). The van der Waals surface area contributed by atoms with Gasteiger partial charge in [-0.05, 0) is 31.2 Å². The first-order valence-corrected chi connectivity index (χ1v) is 10.2. The number of hydrogen-bond donors (Lipinski definition) is 2. The van der Waals surface area contributed by atoms with Crippen molar-refractivity contribution in [1.82, 2.24) is 20.1 Å². The average molecular weight is 430 g/mol. The van der Waals surface area contributed by atoms with Gasteiger partial charge in [0, 0.05) is 12.7 Å². The molecule has 1 aromatic heterocycles. The van der Waals surface area contributed by atoms with Gasteiger partial charge in [-0.15, -0.1) is 10.2 Å². The van der Waals surface area contributed by atoms with Gasteiger partial charge in [0.1, 0.15) is 0 Å². The van der Waals surface area contributed by atoms with Crippen LogP contribution in [0.2, 0.25) is 5.02 Å². The Labute approximate surface area is 177 Å². The smallest absolute Gasteiger partial charge is 0.253 e. The number of hydrogen-bond acceptors (Lipinski definition) is 5. The maximum Gasteiger partial charge on any atom is 0.253 e. The van der Waals surface area contributed by atoms with Crippen LogP contribution < -0.4 is 10.6 Å². The van der Waals surface area contributed by atoms with Crippen LogP contribution in [0.25, 0.3) is 0 Å². The molecule has 0 radical (unpaired) electrons. The maximum absolute atomic E-state index is 12.4. The number of thioether (sulfide) groups is 1. The van der Waals surface area contributed by atoms with Gasteiger partial charge in [0.25, 0.3) is 5.91 Å². The molecule has 29 heavy (non-hydrogen) atoms. The summed E-state index contributed by atoms with van der Waals surface area (Å²) < 4.78 is 1.76. The summed E-state index contributed by atoms with van der Waals surface area (Å²) in [5.74, 6) is 0.353. The first-order chi connectivity index (χ1) is 14.0. The summed E-state index contributed by atoms with van der Waals surface area (Å²) in [6.07, 6.45) is 0. The van der Waals surface area contributed by atoms with Crippen LogP contribution in [-0.2, 0) is 11.8 Å². The minimum atomic E-state index is -0.385. The molecule has 0 spiro atoms. The molecule has 0 aliphatic carbocycles. The maximum atomic E-state index is 12.4. The fourth-order valence-electron chi connectivity index (χ4n) is 2.66. The molecular weight excluding hydrogens is 410 g/mol. The third kappa shape index (κ3) is 5.36. The topological polar surface area (TPSA) is 88.9 Å². The van der Waals surface area contributed by atoms with Crippen molar-refractivity contribution in [1.29, 1.82) is 0 Å². The Morgan fingerprint density at radius 2 is 1.79 bits per heavy atom. The van der Waals surface area contributed by atoms with E-state index in [0.717, 1.165) is 5.69 Å². The number of carbonyl (C=O) groups excluding carboxylic acids is 2. The molecule has 7 nitrogen and oxygen atoms in total. The molecule has 2 amide bonds. The van der Waals surface area contributed by atoms with Crippen LogP contribution in [0, 0.1) is 0 Å². The van der Waals surface area contributed by atoms with Crippen molar-refractivity contribution in [3.05, 3.63) is 71.0 Å². The summed E-state index contributed by atoms with van der Waals surface area (Å²) in [6, 6.07) is 15.7. The minimum Gasteiger partial charge on any atom is -0.342 e. The SMILES string of the molecule is CC(NC(=O)c1ccccc1Cl)c1nnc(SCC(=O)Nc2ccccc2)n1C. The van der Waals surface area contributed by atoms with Crippen LogP contribution in [-0.4, -0.2) is 32.3 Å². The number of rotatable bonds is 7. The lowest BCUT2D eigenvalue weighted by Crippen LogP contribution is -2.28. The molecule has 3 aromatic rings. The second-order valence-electron chi connectivity index (χ2n) is 6.28. The summed E-state index contributed by atoms with van der Waals surface area (Å²) in [5, 5.41) is 15.0. The summed E-state index contributed by atoms with van der Waals surface area (Å²) in [5.41, 5.74) is 1.14. The van der Waals surface area contributed by atoms with E-state index >= 15 is 0 Å². The average Bonchev–Trinajstić information content (AvgIpc) is 3.08. The predicted octanol–water partition coefficient (Wildman–Crippen LogP) is 3.69. The number of halogens is 1. The highest BCUT2D eigenvalue weighted by molar-refractivity contribution is 7.99. The fraction of sp³-hybridized carbons (Fsp3) is 0.200. The molecule has 0 saturated heterocycles. The second kappa shape index (κ2) is 9.58. The number of benzene rings is 2. The molecule has 0 fully saturated rings. The van der Waals surface area contributed by atoms with Gasteiger partial charge in [-0.2, -0.15) is 0 Å². The number of aromatic nitrogens is 3. The Hall–Kier alpha value is -2.84. The zero-order chi connectivity index (χ0) is 20.8. The van der Waals surface area contributed by atoms with Crippen molar-refractivity contribution in [3.63, 3.8) is 0 Å². The van der Waals surface area contributed by atoms with Gasteiger partial charge in [-0.1, -0.05) is 53.7 Å². The molecule has 1 unspecified atom stereocenters. The first-order valence-electron chi connectivity index (χ1n) is 8.88. The molecule has 0 saturated carbocycles. The third-order valence-corrected chi connectivity index (χ3v) is 5.46. The highest BCUT2D eigenvalue weighted by atomic mass is 35.5. The largest absolute Gasteiger partial charge is 0.342 e. The number of para-hydroxylation sites is 1. The Kier molecular flexibility index (Phi) is 6.90. The zero-order valence-corrected chi connectivity index (χ0v) is 17.5. The van der Waals surface area contributed by atoms with E-state index in [1.165, 1.54) is 11.8 Å². The molecule has 9 heteroatoms. The van der Waals surface area contributed by atoms with Crippen LogP contribution in [0.4, 0.5) is 5.69 Å². The van der Waals surface area contributed by atoms with E-state index in [-0.39, 0.29) is 23.6 Å². The quantitative estimate of drug-likeness (QED) is 0.559. The van der Waals surface area contributed by atoms with Crippen molar-refractivity contribution >= 4 is 40.9 Å². The van der Waals surface area contributed by atoms with Crippen LogP contribution in [0.5, 0.6) is 0 Å².